The number of alkyl halides is 6. The van der Waals surface area contributed by atoms with E-state index in [9.17, 15) is 36.2 Å². The van der Waals surface area contributed by atoms with Crippen LogP contribution in [0.25, 0.3) is 0 Å². The number of halogens is 6. The number of nitrogens with zero attached hydrogens (tertiary/aromatic N) is 1. The van der Waals surface area contributed by atoms with Crippen LogP contribution < -0.4 is 15.5 Å². The maximum absolute atomic E-state index is 13.2. The highest BCUT2D eigenvalue weighted by Crippen LogP contribution is 2.43. The van der Waals surface area contributed by atoms with E-state index in [0.717, 1.165) is 24.3 Å². The van der Waals surface area contributed by atoms with Gasteiger partial charge in [-0.1, -0.05) is 0 Å². The number of benzene rings is 1. The van der Waals surface area contributed by atoms with Gasteiger partial charge in [-0.15, -0.1) is 13.2 Å². The van der Waals surface area contributed by atoms with Crippen LogP contribution in [0.15, 0.2) is 24.3 Å². The average Bonchev–Trinajstić information content (AvgIpc) is 2.70. The van der Waals surface area contributed by atoms with E-state index in [1.54, 1.807) is 0 Å². The Bertz CT molecular complexity index is 674. The first kappa shape index (κ1) is 20.1. The second kappa shape index (κ2) is 6.20. The standard InChI is InChI=1S/C14H15F6N3O3/c1-11(2)7-12(25,13(15,16)17)23(22-11)10(24)21-8-3-5-9(6-4-8)26-14(18,19)20/h3-6,22,25H,7H2,1-2H3,(H,21,24). The maximum atomic E-state index is 13.2. The van der Waals surface area contributed by atoms with Crippen molar-refractivity contribution >= 4 is 11.7 Å². The van der Waals surface area contributed by atoms with Gasteiger partial charge in [0, 0.05) is 17.6 Å². The number of rotatable bonds is 2. The van der Waals surface area contributed by atoms with Crippen LogP contribution in [0.2, 0.25) is 0 Å². The predicted octanol–water partition coefficient (Wildman–Crippen LogP) is 3.36. The Balaban J connectivity index is 2.16. The molecule has 1 atom stereocenters. The van der Waals surface area contributed by atoms with Crippen LogP contribution in [0.5, 0.6) is 5.75 Å². The van der Waals surface area contributed by atoms with Gasteiger partial charge in [0.25, 0.3) is 5.72 Å². The van der Waals surface area contributed by atoms with Crippen molar-refractivity contribution in [2.45, 2.75) is 44.1 Å². The molecular formula is C14H15F6N3O3. The lowest BCUT2D eigenvalue weighted by Crippen LogP contribution is -2.61. The van der Waals surface area contributed by atoms with Crippen molar-refractivity contribution in [3.8, 4) is 5.75 Å². The minimum atomic E-state index is -5.13. The van der Waals surface area contributed by atoms with Gasteiger partial charge in [-0.3, -0.25) is 0 Å². The lowest BCUT2D eigenvalue weighted by Gasteiger charge is -2.33. The minimum absolute atomic E-state index is 0.0210. The number of ether oxygens (including phenoxy) is 1. The molecule has 6 nitrogen and oxygen atoms in total. The van der Waals surface area contributed by atoms with E-state index >= 15 is 0 Å². The topological polar surface area (TPSA) is 73.8 Å². The summed E-state index contributed by atoms with van der Waals surface area (Å²) in [5.41, 5.74) is -2.50. The van der Waals surface area contributed by atoms with E-state index in [1.165, 1.54) is 13.8 Å². The molecule has 0 aromatic heterocycles. The summed E-state index contributed by atoms with van der Waals surface area (Å²) in [5.74, 6) is -0.567. The molecule has 1 aromatic carbocycles. The summed E-state index contributed by atoms with van der Waals surface area (Å²) in [5, 5.41) is 12.1. The highest BCUT2D eigenvalue weighted by molar-refractivity contribution is 5.89. The molecule has 0 aliphatic carbocycles. The molecule has 2 rings (SSSR count). The van der Waals surface area contributed by atoms with Gasteiger partial charge in [-0.2, -0.15) is 13.2 Å². The summed E-state index contributed by atoms with van der Waals surface area (Å²) in [4.78, 5) is 12.2. The van der Waals surface area contributed by atoms with Crippen molar-refractivity contribution in [2.24, 2.45) is 0 Å². The van der Waals surface area contributed by atoms with Crippen molar-refractivity contribution in [3.63, 3.8) is 0 Å². The molecule has 1 aliphatic rings. The van der Waals surface area contributed by atoms with Gasteiger partial charge >= 0.3 is 18.6 Å². The number of anilines is 1. The van der Waals surface area contributed by atoms with Crippen LogP contribution in [0.4, 0.5) is 36.8 Å². The number of carbonyl (C=O) groups excluding carboxylic acids is 1. The van der Waals surface area contributed by atoms with Crippen LogP contribution in [-0.2, 0) is 0 Å². The van der Waals surface area contributed by atoms with Crippen LogP contribution in [0.3, 0.4) is 0 Å². The zero-order valence-electron chi connectivity index (χ0n) is 13.5. The molecule has 1 unspecified atom stereocenters. The van der Waals surface area contributed by atoms with Crippen molar-refractivity contribution < 1.29 is 41.0 Å². The number of hydrazine groups is 1. The molecule has 1 aliphatic heterocycles. The van der Waals surface area contributed by atoms with Crippen LogP contribution in [0.1, 0.15) is 20.3 Å². The molecule has 2 amide bonds. The number of aliphatic hydroxyl groups is 1. The Morgan fingerprint density at radius 2 is 1.73 bits per heavy atom. The fourth-order valence-corrected chi connectivity index (χ4v) is 2.50. The lowest BCUT2D eigenvalue weighted by molar-refractivity contribution is -0.299. The second-order valence-electron chi connectivity index (χ2n) is 6.32. The van der Waals surface area contributed by atoms with Gasteiger partial charge in [0.2, 0.25) is 0 Å². The third-order valence-corrected chi connectivity index (χ3v) is 3.47. The smallest absolute Gasteiger partial charge is 0.406 e. The van der Waals surface area contributed by atoms with Crippen LogP contribution in [0, 0.1) is 0 Å². The van der Waals surface area contributed by atoms with Gasteiger partial charge in [-0.25, -0.2) is 15.2 Å². The minimum Gasteiger partial charge on any atom is -0.406 e. The lowest BCUT2D eigenvalue weighted by atomic mass is 9.96. The fraction of sp³-hybridized carbons (Fsp3) is 0.500. The Hall–Kier alpha value is -2.21. The Labute approximate surface area is 143 Å². The summed E-state index contributed by atoms with van der Waals surface area (Å²) in [7, 11) is 0. The third kappa shape index (κ3) is 4.30. The second-order valence-corrected chi connectivity index (χ2v) is 6.32. The molecular weight excluding hydrogens is 372 g/mol. The monoisotopic (exact) mass is 387 g/mol. The predicted molar refractivity (Wildman–Crippen MR) is 76.8 cm³/mol. The normalized spacial score (nSPS) is 23.0. The van der Waals surface area contributed by atoms with E-state index in [0.29, 0.717) is 0 Å². The van der Waals surface area contributed by atoms with Crippen molar-refractivity contribution in [2.75, 3.05) is 5.32 Å². The molecule has 12 heteroatoms. The van der Waals surface area contributed by atoms with E-state index in [-0.39, 0.29) is 10.7 Å². The van der Waals surface area contributed by atoms with Crippen molar-refractivity contribution in [1.29, 1.82) is 0 Å². The summed E-state index contributed by atoms with van der Waals surface area (Å²) in [6, 6.07) is 2.43. The van der Waals surface area contributed by atoms with E-state index in [1.807, 2.05) is 0 Å². The number of carbonyl (C=O) groups is 1. The maximum Gasteiger partial charge on any atom is 0.573 e. The molecule has 1 heterocycles. The van der Waals surface area contributed by atoms with Gasteiger partial charge in [0.15, 0.2) is 0 Å². The first-order valence-corrected chi connectivity index (χ1v) is 7.17. The number of amides is 2. The van der Waals surface area contributed by atoms with Gasteiger partial charge in [0.05, 0.1) is 0 Å². The molecule has 1 fully saturated rings. The molecule has 0 bridgehead atoms. The zero-order valence-corrected chi connectivity index (χ0v) is 13.5. The molecule has 0 spiro atoms. The molecule has 0 radical (unpaired) electrons. The highest BCUT2D eigenvalue weighted by atomic mass is 19.4. The number of nitrogens with one attached hydrogen (secondary N) is 2. The summed E-state index contributed by atoms with van der Waals surface area (Å²) >= 11 is 0. The first-order valence-electron chi connectivity index (χ1n) is 7.17. The highest BCUT2D eigenvalue weighted by Gasteiger charge is 2.66. The average molecular weight is 387 g/mol. The van der Waals surface area contributed by atoms with Gasteiger partial charge in [-0.05, 0) is 38.1 Å². The number of urea groups is 1. The van der Waals surface area contributed by atoms with Crippen molar-refractivity contribution in [3.05, 3.63) is 24.3 Å². The summed E-state index contributed by atoms with van der Waals surface area (Å²) in [6.45, 7) is 2.72. The quantitative estimate of drug-likeness (QED) is 0.681. The first-order chi connectivity index (χ1) is 11.6. The van der Waals surface area contributed by atoms with E-state index in [2.05, 4.69) is 15.5 Å². The Morgan fingerprint density at radius 1 is 1.19 bits per heavy atom. The van der Waals surface area contributed by atoms with E-state index < -0.39 is 42.0 Å². The Morgan fingerprint density at radius 3 is 2.19 bits per heavy atom. The molecule has 146 valence electrons. The number of hydrogen-bond acceptors (Lipinski definition) is 4. The molecule has 26 heavy (non-hydrogen) atoms. The van der Waals surface area contributed by atoms with Crippen molar-refractivity contribution in [1.82, 2.24) is 10.4 Å². The SMILES string of the molecule is CC1(C)CC(O)(C(F)(F)F)N(C(=O)Nc2ccc(OC(F)(F)F)cc2)N1. The number of hydrogen-bond donors (Lipinski definition) is 3. The molecule has 3 N–H and O–H groups in total. The Kier molecular flexibility index (Phi) is 4.79. The molecule has 1 saturated heterocycles. The summed E-state index contributed by atoms with van der Waals surface area (Å²) in [6.07, 6.45) is -10.8. The van der Waals surface area contributed by atoms with Crippen LogP contribution in [-0.4, -0.2) is 39.9 Å². The van der Waals surface area contributed by atoms with Gasteiger partial charge < -0.3 is 15.2 Å². The third-order valence-electron chi connectivity index (χ3n) is 3.47. The largest absolute Gasteiger partial charge is 0.573 e. The summed E-state index contributed by atoms with van der Waals surface area (Å²) < 4.78 is 79.5. The molecule has 1 aromatic rings. The van der Waals surface area contributed by atoms with E-state index in [4.69, 9.17) is 0 Å². The van der Waals surface area contributed by atoms with Crippen LogP contribution >= 0.6 is 0 Å². The zero-order chi connectivity index (χ0) is 20.0. The fourth-order valence-electron chi connectivity index (χ4n) is 2.50. The molecule has 0 saturated carbocycles. The van der Waals surface area contributed by atoms with Gasteiger partial charge in [0.1, 0.15) is 5.75 Å².